The summed E-state index contributed by atoms with van der Waals surface area (Å²) in [7, 11) is 3.50. The third-order valence-electron chi connectivity index (χ3n) is 5.37. The van der Waals surface area contributed by atoms with Gasteiger partial charge in [-0.3, -0.25) is 14.3 Å². The Morgan fingerprint density at radius 3 is 2.71 bits per heavy atom. The molecule has 1 aliphatic heterocycles. The highest BCUT2D eigenvalue weighted by molar-refractivity contribution is 5.59. The minimum Gasteiger partial charge on any atom is -0.496 e. The zero-order valence-corrected chi connectivity index (χ0v) is 16.2. The summed E-state index contributed by atoms with van der Waals surface area (Å²) in [5, 5.41) is 0. The summed E-state index contributed by atoms with van der Waals surface area (Å²) >= 11 is 0. The maximum absolute atomic E-state index is 12.6. The molecular formula is C22H24N4O2. The lowest BCUT2D eigenvalue weighted by Crippen LogP contribution is -2.38. The molecule has 6 heteroatoms. The van der Waals surface area contributed by atoms with Crippen molar-refractivity contribution in [3.05, 3.63) is 70.8 Å². The zero-order chi connectivity index (χ0) is 19.5. The zero-order valence-electron chi connectivity index (χ0n) is 16.2. The van der Waals surface area contributed by atoms with E-state index in [1.807, 2.05) is 24.3 Å². The number of piperidine rings is 1. The number of pyridine rings is 1. The van der Waals surface area contributed by atoms with Gasteiger partial charge in [0, 0.05) is 50.1 Å². The Bertz CT molecular complexity index is 1020. The van der Waals surface area contributed by atoms with Crippen LogP contribution in [0, 0.1) is 0 Å². The third kappa shape index (κ3) is 3.50. The van der Waals surface area contributed by atoms with E-state index in [0.29, 0.717) is 17.6 Å². The van der Waals surface area contributed by atoms with E-state index in [-0.39, 0.29) is 5.56 Å². The van der Waals surface area contributed by atoms with Crippen LogP contribution in [0.2, 0.25) is 0 Å². The fourth-order valence-electron chi connectivity index (χ4n) is 3.90. The number of aromatic nitrogens is 3. The molecule has 3 heterocycles. The van der Waals surface area contributed by atoms with E-state index in [9.17, 15) is 4.79 Å². The first-order valence-corrected chi connectivity index (χ1v) is 9.53. The van der Waals surface area contributed by atoms with Crippen molar-refractivity contribution in [3.8, 4) is 17.0 Å². The van der Waals surface area contributed by atoms with E-state index in [0.717, 1.165) is 37.2 Å². The lowest BCUT2D eigenvalue weighted by Gasteiger charge is -2.35. The predicted octanol–water partition coefficient (Wildman–Crippen LogP) is 3.23. The Morgan fingerprint density at radius 1 is 1.14 bits per heavy atom. The number of hydrogen-bond donors (Lipinski definition) is 0. The SMILES string of the molecule is COc1ccccc1C1CCCN(c2nc(-c3ccncc3)cc(=O)n2C)C1. The summed E-state index contributed by atoms with van der Waals surface area (Å²) in [6.07, 6.45) is 5.56. The van der Waals surface area contributed by atoms with Gasteiger partial charge < -0.3 is 9.64 Å². The minimum absolute atomic E-state index is 0.0590. The number of methoxy groups -OCH3 is 1. The van der Waals surface area contributed by atoms with E-state index in [1.54, 1.807) is 37.2 Å². The van der Waals surface area contributed by atoms with Crippen molar-refractivity contribution in [1.82, 2.24) is 14.5 Å². The molecule has 1 atom stereocenters. The first-order valence-electron chi connectivity index (χ1n) is 9.53. The Balaban J connectivity index is 1.69. The summed E-state index contributed by atoms with van der Waals surface area (Å²) in [5.41, 5.74) is 2.73. The largest absolute Gasteiger partial charge is 0.496 e. The molecular weight excluding hydrogens is 352 g/mol. The number of rotatable bonds is 4. The molecule has 28 heavy (non-hydrogen) atoms. The molecule has 0 radical (unpaired) electrons. The average Bonchev–Trinajstić information content (AvgIpc) is 2.76. The second-order valence-corrected chi connectivity index (χ2v) is 7.10. The summed E-state index contributed by atoms with van der Waals surface area (Å²) < 4.78 is 7.20. The van der Waals surface area contributed by atoms with E-state index >= 15 is 0 Å². The van der Waals surface area contributed by atoms with Crippen LogP contribution in [-0.4, -0.2) is 34.7 Å². The van der Waals surface area contributed by atoms with Gasteiger partial charge >= 0.3 is 0 Å². The van der Waals surface area contributed by atoms with E-state index in [2.05, 4.69) is 22.0 Å². The quantitative estimate of drug-likeness (QED) is 0.700. The van der Waals surface area contributed by atoms with Gasteiger partial charge in [0.1, 0.15) is 5.75 Å². The van der Waals surface area contributed by atoms with Crippen LogP contribution in [0.5, 0.6) is 5.75 Å². The second-order valence-electron chi connectivity index (χ2n) is 7.10. The summed E-state index contributed by atoms with van der Waals surface area (Å²) in [4.78, 5) is 23.7. The highest BCUT2D eigenvalue weighted by atomic mass is 16.5. The van der Waals surface area contributed by atoms with Crippen molar-refractivity contribution < 1.29 is 4.74 Å². The van der Waals surface area contributed by atoms with Gasteiger partial charge in [-0.05, 0) is 36.6 Å². The van der Waals surface area contributed by atoms with Gasteiger partial charge in [0.15, 0.2) is 0 Å². The van der Waals surface area contributed by atoms with Crippen molar-refractivity contribution in [1.29, 1.82) is 0 Å². The van der Waals surface area contributed by atoms with Crippen LogP contribution in [0.3, 0.4) is 0 Å². The molecule has 0 bridgehead atoms. The van der Waals surface area contributed by atoms with Crippen LogP contribution >= 0.6 is 0 Å². The normalized spacial score (nSPS) is 16.8. The van der Waals surface area contributed by atoms with Gasteiger partial charge in [-0.25, -0.2) is 4.98 Å². The summed E-state index contributed by atoms with van der Waals surface area (Å²) in [5.74, 6) is 1.96. The van der Waals surface area contributed by atoms with Crippen LogP contribution in [0.25, 0.3) is 11.3 Å². The second kappa shape index (κ2) is 7.84. The molecule has 2 aromatic heterocycles. The van der Waals surface area contributed by atoms with Gasteiger partial charge in [0.2, 0.25) is 5.95 Å². The molecule has 3 aromatic rings. The predicted molar refractivity (Wildman–Crippen MR) is 110 cm³/mol. The molecule has 1 aliphatic rings. The number of hydrogen-bond acceptors (Lipinski definition) is 5. The van der Waals surface area contributed by atoms with Gasteiger partial charge in [-0.15, -0.1) is 0 Å². The van der Waals surface area contributed by atoms with Crippen LogP contribution in [0.4, 0.5) is 5.95 Å². The Kier molecular flexibility index (Phi) is 5.10. The average molecular weight is 376 g/mol. The molecule has 1 aromatic carbocycles. The smallest absolute Gasteiger partial charge is 0.255 e. The standard InChI is InChI=1S/C22H24N4O2/c1-25-21(27)14-19(16-9-11-23-12-10-16)24-22(25)26-13-5-6-17(15-26)18-7-3-4-8-20(18)28-2/h3-4,7-12,14,17H,5-6,13,15H2,1-2H3. The fourth-order valence-corrected chi connectivity index (χ4v) is 3.90. The number of para-hydroxylation sites is 1. The summed E-state index contributed by atoms with van der Waals surface area (Å²) in [6.45, 7) is 1.69. The number of ether oxygens (including phenoxy) is 1. The Labute approximate surface area is 164 Å². The van der Waals surface area contributed by atoms with Crippen LogP contribution < -0.4 is 15.2 Å². The molecule has 1 saturated heterocycles. The molecule has 144 valence electrons. The molecule has 6 nitrogen and oxygen atoms in total. The fraction of sp³-hybridized carbons (Fsp3) is 0.318. The molecule has 0 saturated carbocycles. The summed E-state index contributed by atoms with van der Waals surface area (Å²) in [6, 6.07) is 13.5. The topological polar surface area (TPSA) is 60.2 Å². The van der Waals surface area contributed by atoms with Crippen molar-refractivity contribution >= 4 is 5.95 Å². The van der Waals surface area contributed by atoms with Gasteiger partial charge in [-0.2, -0.15) is 0 Å². The molecule has 0 N–H and O–H groups in total. The first kappa shape index (κ1) is 18.2. The highest BCUT2D eigenvalue weighted by Crippen LogP contribution is 2.34. The van der Waals surface area contributed by atoms with Gasteiger partial charge in [-0.1, -0.05) is 18.2 Å². The van der Waals surface area contributed by atoms with E-state index in [1.165, 1.54) is 5.56 Å². The monoisotopic (exact) mass is 376 g/mol. The Morgan fingerprint density at radius 2 is 1.93 bits per heavy atom. The van der Waals surface area contributed by atoms with Crippen molar-refractivity contribution in [2.75, 3.05) is 25.1 Å². The minimum atomic E-state index is -0.0590. The van der Waals surface area contributed by atoms with Gasteiger partial charge in [0.05, 0.1) is 12.8 Å². The van der Waals surface area contributed by atoms with Crippen LogP contribution in [0.15, 0.2) is 59.7 Å². The lowest BCUT2D eigenvalue weighted by molar-refractivity contribution is 0.398. The van der Waals surface area contributed by atoms with E-state index < -0.39 is 0 Å². The third-order valence-corrected chi connectivity index (χ3v) is 5.37. The van der Waals surface area contributed by atoms with Crippen LogP contribution in [0.1, 0.15) is 24.3 Å². The molecule has 1 fully saturated rings. The van der Waals surface area contributed by atoms with Crippen LogP contribution in [-0.2, 0) is 7.05 Å². The van der Waals surface area contributed by atoms with Crippen molar-refractivity contribution in [3.63, 3.8) is 0 Å². The van der Waals surface area contributed by atoms with Crippen molar-refractivity contribution in [2.45, 2.75) is 18.8 Å². The molecule has 0 aliphatic carbocycles. The van der Waals surface area contributed by atoms with E-state index in [4.69, 9.17) is 9.72 Å². The highest BCUT2D eigenvalue weighted by Gasteiger charge is 2.26. The molecule has 0 spiro atoms. The first-order chi connectivity index (χ1) is 13.7. The van der Waals surface area contributed by atoms with Gasteiger partial charge in [0.25, 0.3) is 5.56 Å². The maximum atomic E-state index is 12.6. The Hall–Kier alpha value is -3.15. The number of anilines is 1. The number of benzene rings is 1. The molecule has 0 amide bonds. The maximum Gasteiger partial charge on any atom is 0.255 e. The van der Waals surface area contributed by atoms with Crippen molar-refractivity contribution in [2.24, 2.45) is 7.05 Å². The molecule has 4 rings (SSSR count). The number of nitrogens with zero attached hydrogens (tertiary/aromatic N) is 4. The lowest BCUT2D eigenvalue weighted by atomic mass is 9.90. The molecule has 1 unspecified atom stereocenters.